The molecule has 0 radical (unpaired) electrons. The van der Waals surface area contributed by atoms with Gasteiger partial charge in [0.15, 0.2) is 0 Å². The second-order valence-corrected chi connectivity index (χ2v) is 16.2. The second kappa shape index (κ2) is 13.9. The van der Waals surface area contributed by atoms with Gasteiger partial charge in [0.25, 0.3) is 0 Å². The van der Waals surface area contributed by atoms with Crippen LogP contribution in [0.2, 0.25) is 0 Å². The highest BCUT2D eigenvalue weighted by Gasteiger charge is 2.36. The van der Waals surface area contributed by atoms with Crippen molar-refractivity contribution in [1.29, 1.82) is 0 Å². The van der Waals surface area contributed by atoms with Crippen molar-refractivity contribution >= 4 is 39.0 Å². The van der Waals surface area contributed by atoms with E-state index in [9.17, 15) is 0 Å². The van der Waals surface area contributed by atoms with Crippen LogP contribution in [0.5, 0.6) is 0 Å². The van der Waals surface area contributed by atoms with E-state index in [0.29, 0.717) is 0 Å². The lowest BCUT2D eigenvalue weighted by molar-refractivity contribution is 0.660. The average molecular weight is 756 g/mol. The lowest BCUT2D eigenvalue weighted by Crippen LogP contribution is -2.16. The highest BCUT2D eigenvalue weighted by Crippen LogP contribution is 2.52. The van der Waals surface area contributed by atoms with Crippen molar-refractivity contribution in [2.45, 2.75) is 19.3 Å². The van der Waals surface area contributed by atoms with Crippen LogP contribution >= 0.6 is 0 Å². The number of hydrogen-bond donors (Lipinski definition) is 0. The first kappa shape index (κ1) is 34.8. The van der Waals surface area contributed by atoms with Gasteiger partial charge in [0, 0.05) is 33.2 Å². The fraction of sp³-hybridized carbons (Fsp3) is 0.0526. The van der Waals surface area contributed by atoms with Crippen LogP contribution in [0.3, 0.4) is 0 Å². The van der Waals surface area contributed by atoms with E-state index in [-0.39, 0.29) is 5.41 Å². The smallest absolute Gasteiger partial charge is 0.135 e. The zero-order chi connectivity index (χ0) is 39.5. The summed E-state index contributed by atoms with van der Waals surface area (Å²) in [6.07, 6.45) is 0. The number of para-hydroxylation sites is 1. The molecule has 1 heterocycles. The molecule has 2 heteroatoms. The van der Waals surface area contributed by atoms with Crippen LogP contribution in [0.25, 0.3) is 77.6 Å². The fourth-order valence-corrected chi connectivity index (χ4v) is 9.17. The van der Waals surface area contributed by atoms with E-state index in [1.807, 2.05) is 12.1 Å². The van der Waals surface area contributed by atoms with Gasteiger partial charge in [0.1, 0.15) is 11.2 Å². The lowest BCUT2D eigenvalue weighted by atomic mass is 9.81. The Morgan fingerprint density at radius 3 is 1.39 bits per heavy atom. The van der Waals surface area contributed by atoms with Crippen molar-refractivity contribution in [3.05, 3.63) is 223 Å². The summed E-state index contributed by atoms with van der Waals surface area (Å²) < 4.78 is 6.29. The molecule has 11 rings (SSSR count). The molecule has 0 amide bonds. The summed E-state index contributed by atoms with van der Waals surface area (Å²) in [5.74, 6) is 0. The standard InChI is InChI=1S/C57H41NO/c1-57(2)53-35-42(38-14-6-3-7-15-38)24-29-49(53)50-30-27-48(37-54(50)57)58(47-28-31-56-52(36-47)51-20-12-13-21-55(51)59-56)46-25-22-41(23-26-46)45-33-43(39-16-8-4-9-17-39)32-44(34-45)40-18-10-5-11-19-40/h3-37H,1-2H3. The Labute approximate surface area is 345 Å². The predicted molar refractivity (Wildman–Crippen MR) is 248 cm³/mol. The number of benzene rings is 9. The maximum atomic E-state index is 6.29. The summed E-state index contributed by atoms with van der Waals surface area (Å²) >= 11 is 0. The van der Waals surface area contributed by atoms with E-state index < -0.39 is 0 Å². The summed E-state index contributed by atoms with van der Waals surface area (Å²) in [6.45, 7) is 4.73. The summed E-state index contributed by atoms with van der Waals surface area (Å²) in [4.78, 5) is 2.40. The Bertz CT molecular complexity index is 3100. The third-order valence-electron chi connectivity index (χ3n) is 12.2. The van der Waals surface area contributed by atoms with Crippen molar-refractivity contribution < 1.29 is 4.42 Å². The van der Waals surface area contributed by atoms with Crippen LogP contribution in [0.4, 0.5) is 17.1 Å². The molecule has 0 saturated carbocycles. The Morgan fingerprint density at radius 2 is 0.763 bits per heavy atom. The van der Waals surface area contributed by atoms with E-state index in [1.54, 1.807) is 0 Å². The van der Waals surface area contributed by atoms with Crippen molar-refractivity contribution in [2.24, 2.45) is 0 Å². The van der Waals surface area contributed by atoms with Crippen molar-refractivity contribution in [3.8, 4) is 55.6 Å². The number of furan rings is 1. The van der Waals surface area contributed by atoms with E-state index in [1.165, 1.54) is 66.8 Å². The van der Waals surface area contributed by atoms with Crippen LogP contribution in [0.15, 0.2) is 217 Å². The van der Waals surface area contributed by atoms with Crippen LogP contribution in [0, 0.1) is 0 Å². The molecule has 9 aromatic carbocycles. The lowest BCUT2D eigenvalue weighted by Gasteiger charge is -2.28. The summed E-state index contributed by atoms with van der Waals surface area (Å²) in [6, 6.07) is 76.9. The van der Waals surface area contributed by atoms with Crippen LogP contribution in [-0.2, 0) is 5.41 Å². The van der Waals surface area contributed by atoms with Gasteiger partial charge in [-0.2, -0.15) is 0 Å². The molecule has 0 N–H and O–H groups in total. The number of anilines is 3. The molecule has 0 unspecified atom stereocenters. The van der Waals surface area contributed by atoms with Crippen LogP contribution < -0.4 is 4.90 Å². The first-order valence-corrected chi connectivity index (χ1v) is 20.4. The van der Waals surface area contributed by atoms with Crippen LogP contribution in [-0.4, -0.2) is 0 Å². The molecule has 0 saturated heterocycles. The monoisotopic (exact) mass is 755 g/mol. The summed E-state index contributed by atoms with van der Waals surface area (Å²) in [5, 5.41) is 2.22. The second-order valence-electron chi connectivity index (χ2n) is 16.2. The minimum Gasteiger partial charge on any atom is -0.456 e. The van der Waals surface area contributed by atoms with Gasteiger partial charge in [0.05, 0.1) is 0 Å². The quantitative estimate of drug-likeness (QED) is 0.161. The van der Waals surface area contributed by atoms with Gasteiger partial charge in [0.2, 0.25) is 0 Å². The molecule has 59 heavy (non-hydrogen) atoms. The maximum absolute atomic E-state index is 6.29. The Balaban J connectivity index is 1.04. The van der Waals surface area contributed by atoms with Crippen molar-refractivity contribution in [1.82, 2.24) is 0 Å². The molecule has 0 aliphatic heterocycles. The van der Waals surface area contributed by atoms with Crippen molar-refractivity contribution in [2.75, 3.05) is 4.90 Å². The minimum absolute atomic E-state index is 0.189. The van der Waals surface area contributed by atoms with E-state index in [0.717, 1.165) is 39.0 Å². The van der Waals surface area contributed by atoms with Crippen molar-refractivity contribution in [3.63, 3.8) is 0 Å². The predicted octanol–water partition coefficient (Wildman–Crippen LogP) is 16.0. The van der Waals surface area contributed by atoms with Crippen LogP contribution in [0.1, 0.15) is 25.0 Å². The molecular formula is C57H41NO. The Kier molecular flexibility index (Phi) is 8.20. The van der Waals surface area contributed by atoms with Gasteiger partial charge in [-0.1, -0.05) is 153 Å². The summed E-state index contributed by atoms with van der Waals surface area (Å²) in [7, 11) is 0. The molecule has 280 valence electrons. The number of hydrogen-bond acceptors (Lipinski definition) is 2. The maximum Gasteiger partial charge on any atom is 0.135 e. The normalized spacial score (nSPS) is 12.7. The molecule has 0 bridgehead atoms. The molecule has 1 aliphatic rings. The SMILES string of the molecule is CC1(C)c2cc(-c3ccccc3)ccc2-c2ccc(N(c3ccc(-c4cc(-c5ccccc5)cc(-c5ccccc5)c4)cc3)c3ccc4oc5ccccc5c4c3)cc21. The van der Waals surface area contributed by atoms with E-state index in [4.69, 9.17) is 4.42 Å². The molecule has 0 atom stereocenters. The molecule has 0 spiro atoms. The largest absolute Gasteiger partial charge is 0.456 e. The molecule has 10 aromatic rings. The highest BCUT2D eigenvalue weighted by molar-refractivity contribution is 6.06. The highest BCUT2D eigenvalue weighted by atomic mass is 16.3. The minimum atomic E-state index is -0.189. The Morgan fingerprint density at radius 1 is 0.322 bits per heavy atom. The third kappa shape index (κ3) is 6.04. The molecule has 1 aliphatic carbocycles. The zero-order valence-electron chi connectivity index (χ0n) is 33.1. The first-order chi connectivity index (χ1) is 29.0. The average Bonchev–Trinajstić information content (AvgIpc) is 3.78. The van der Waals surface area contributed by atoms with Gasteiger partial charge in [-0.3, -0.25) is 0 Å². The molecule has 1 aromatic heterocycles. The molecular weight excluding hydrogens is 715 g/mol. The number of nitrogens with zero attached hydrogens (tertiary/aromatic N) is 1. The molecule has 0 fully saturated rings. The van der Waals surface area contributed by atoms with Gasteiger partial charge >= 0.3 is 0 Å². The van der Waals surface area contributed by atoms with E-state index >= 15 is 0 Å². The molecule has 2 nitrogen and oxygen atoms in total. The van der Waals surface area contributed by atoms with Gasteiger partial charge in [-0.15, -0.1) is 0 Å². The summed E-state index contributed by atoms with van der Waals surface area (Å²) in [5.41, 5.74) is 19.8. The van der Waals surface area contributed by atoms with Gasteiger partial charge in [-0.25, -0.2) is 0 Å². The zero-order valence-corrected chi connectivity index (χ0v) is 33.1. The number of fused-ring (bicyclic) bond motifs is 6. The number of rotatable bonds is 7. The van der Waals surface area contributed by atoms with Gasteiger partial charge < -0.3 is 9.32 Å². The Hall–Kier alpha value is -7.42. The topological polar surface area (TPSA) is 16.4 Å². The first-order valence-electron chi connectivity index (χ1n) is 20.4. The third-order valence-corrected chi connectivity index (χ3v) is 12.2. The van der Waals surface area contributed by atoms with E-state index in [2.05, 4.69) is 219 Å². The fourth-order valence-electron chi connectivity index (χ4n) is 9.17. The van der Waals surface area contributed by atoms with Gasteiger partial charge in [-0.05, 0) is 140 Å².